The van der Waals surface area contributed by atoms with Crippen LogP contribution in [0.2, 0.25) is 0 Å². The number of aliphatic hydroxyl groups is 3. The summed E-state index contributed by atoms with van der Waals surface area (Å²) in [6, 6.07) is 13.4. The Kier molecular flexibility index (Phi) is 8.60. The van der Waals surface area contributed by atoms with Gasteiger partial charge >= 0.3 is 0 Å². The lowest BCUT2D eigenvalue weighted by molar-refractivity contribution is -0.282. The number of Topliss-reactive ketones (excluding diaryl/α,β-unsaturated/α-hetero) is 1. The van der Waals surface area contributed by atoms with Gasteiger partial charge in [-0.1, -0.05) is 24.3 Å². The first-order chi connectivity index (χ1) is 15.3. The van der Waals surface area contributed by atoms with Gasteiger partial charge in [0.25, 0.3) is 0 Å². The van der Waals surface area contributed by atoms with E-state index in [1.54, 1.807) is 48.5 Å². The van der Waals surface area contributed by atoms with Gasteiger partial charge < -0.3 is 35.0 Å². The average molecular weight is 446 g/mol. The van der Waals surface area contributed by atoms with E-state index in [0.717, 1.165) is 11.1 Å². The monoisotopic (exact) mass is 446 g/mol. The van der Waals surface area contributed by atoms with Crippen LogP contribution in [-0.2, 0) is 27.1 Å². The molecule has 3 rings (SSSR count). The molecule has 8 heteroatoms. The molecule has 32 heavy (non-hydrogen) atoms. The molecule has 2 aromatic carbocycles. The summed E-state index contributed by atoms with van der Waals surface area (Å²) in [7, 11) is 0. The SMILES string of the molecule is O=C(CCc1ccc(O)cc1)C[C@H](CCc1ccc(O)cc1)O[C@H]1OC[C@@H](O)[C@H](O)[C@H]1O. The zero-order valence-corrected chi connectivity index (χ0v) is 17.7. The lowest BCUT2D eigenvalue weighted by Crippen LogP contribution is -2.54. The summed E-state index contributed by atoms with van der Waals surface area (Å²) in [5.41, 5.74) is 1.88. The maximum Gasteiger partial charge on any atom is 0.186 e. The van der Waals surface area contributed by atoms with Crippen LogP contribution in [0.5, 0.6) is 11.5 Å². The first-order valence-corrected chi connectivity index (χ1v) is 10.7. The molecule has 0 amide bonds. The second-order valence-corrected chi connectivity index (χ2v) is 8.12. The molecule has 0 unspecified atom stereocenters. The molecule has 0 aliphatic carbocycles. The highest BCUT2D eigenvalue weighted by Gasteiger charge is 2.39. The number of carbonyl (C=O) groups excluding carboxylic acids is 1. The van der Waals surface area contributed by atoms with Crippen LogP contribution in [-0.4, -0.2) is 68.6 Å². The van der Waals surface area contributed by atoms with Crippen LogP contribution in [0.4, 0.5) is 0 Å². The molecule has 1 aliphatic rings. The minimum Gasteiger partial charge on any atom is -0.508 e. The van der Waals surface area contributed by atoms with Crippen LogP contribution in [0.15, 0.2) is 48.5 Å². The Morgan fingerprint density at radius 2 is 1.47 bits per heavy atom. The molecule has 1 heterocycles. The van der Waals surface area contributed by atoms with Crippen molar-refractivity contribution in [1.82, 2.24) is 0 Å². The third kappa shape index (κ3) is 7.01. The lowest BCUT2D eigenvalue weighted by atomic mass is 9.99. The highest BCUT2D eigenvalue weighted by molar-refractivity contribution is 5.79. The Morgan fingerprint density at radius 1 is 0.906 bits per heavy atom. The Morgan fingerprint density at radius 3 is 2.06 bits per heavy atom. The van der Waals surface area contributed by atoms with E-state index in [0.29, 0.717) is 25.7 Å². The fourth-order valence-electron chi connectivity index (χ4n) is 3.60. The number of phenols is 2. The number of hydrogen-bond donors (Lipinski definition) is 5. The summed E-state index contributed by atoms with van der Waals surface area (Å²) in [5.74, 6) is 0.304. The zero-order chi connectivity index (χ0) is 23.1. The van der Waals surface area contributed by atoms with Crippen molar-refractivity contribution in [3.8, 4) is 11.5 Å². The van der Waals surface area contributed by atoms with Gasteiger partial charge in [-0.15, -0.1) is 0 Å². The number of phenolic OH excluding ortho intramolecular Hbond substituents is 2. The minimum atomic E-state index is -1.43. The number of aliphatic hydroxyl groups excluding tert-OH is 3. The van der Waals surface area contributed by atoms with E-state index in [4.69, 9.17) is 9.47 Å². The van der Waals surface area contributed by atoms with Crippen molar-refractivity contribution in [3.05, 3.63) is 59.7 Å². The smallest absolute Gasteiger partial charge is 0.186 e. The van der Waals surface area contributed by atoms with Gasteiger partial charge in [-0.3, -0.25) is 4.79 Å². The van der Waals surface area contributed by atoms with Gasteiger partial charge in [-0.2, -0.15) is 0 Å². The van der Waals surface area contributed by atoms with Crippen LogP contribution in [0.1, 0.15) is 30.4 Å². The Balaban J connectivity index is 1.60. The van der Waals surface area contributed by atoms with Gasteiger partial charge in [0, 0.05) is 12.8 Å². The van der Waals surface area contributed by atoms with Crippen LogP contribution in [0.3, 0.4) is 0 Å². The van der Waals surface area contributed by atoms with E-state index in [1.165, 1.54) is 0 Å². The van der Waals surface area contributed by atoms with Gasteiger partial charge in [0.05, 0.1) is 12.7 Å². The van der Waals surface area contributed by atoms with Crippen LogP contribution < -0.4 is 0 Å². The maximum atomic E-state index is 12.6. The van der Waals surface area contributed by atoms with E-state index < -0.39 is 30.7 Å². The summed E-state index contributed by atoms with van der Waals surface area (Å²) < 4.78 is 11.2. The third-order valence-electron chi connectivity index (χ3n) is 5.56. The van der Waals surface area contributed by atoms with E-state index >= 15 is 0 Å². The largest absolute Gasteiger partial charge is 0.508 e. The van der Waals surface area contributed by atoms with E-state index in [-0.39, 0.29) is 30.3 Å². The van der Waals surface area contributed by atoms with Crippen molar-refractivity contribution in [2.24, 2.45) is 0 Å². The molecule has 0 saturated carbocycles. The van der Waals surface area contributed by atoms with Crippen LogP contribution in [0.25, 0.3) is 0 Å². The number of carbonyl (C=O) groups is 1. The average Bonchev–Trinajstić information content (AvgIpc) is 2.78. The summed E-state index contributed by atoms with van der Waals surface area (Å²) in [5, 5.41) is 48.5. The minimum absolute atomic E-state index is 0.0281. The number of rotatable bonds is 10. The summed E-state index contributed by atoms with van der Waals surface area (Å²) in [6.07, 6.45) is -3.80. The molecule has 2 aromatic rings. The lowest BCUT2D eigenvalue weighted by Gasteiger charge is -2.36. The molecular weight excluding hydrogens is 416 g/mol. The van der Waals surface area contributed by atoms with Gasteiger partial charge in [0.2, 0.25) is 0 Å². The summed E-state index contributed by atoms with van der Waals surface area (Å²) in [6.45, 7) is -0.178. The standard InChI is InChI=1S/C24H30O8/c25-17-7-1-15(2-8-17)5-11-19(27)13-20(12-6-16-3-9-18(26)10-4-16)32-24-23(30)22(29)21(28)14-31-24/h1-4,7-10,20-26,28-30H,5-6,11-14H2/t20-,21+,22-,23+,24+/m0/s1. The van der Waals surface area contributed by atoms with E-state index in [2.05, 4.69) is 0 Å². The molecule has 1 fully saturated rings. The quantitative estimate of drug-likeness (QED) is 0.370. The molecule has 0 radical (unpaired) electrons. The number of hydrogen-bond acceptors (Lipinski definition) is 8. The number of aryl methyl sites for hydroxylation is 2. The first-order valence-electron chi connectivity index (χ1n) is 10.7. The van der Waals surface area contributed by atoms with Crippen molar-refractivity contribution < 1.29 is 39.8 Å². The molecule has 1 aliphatic heterocycles. The van der Waals surface area contributed by atoms with Crippen molar-refractivity contribution in [2.75, 3.05) is 6.61 Å². The number of benzene rings is 2. The molecule has 5 N–H and O–H groups in total. The van der Waals surface area contributed by atoms with E-state index in [1.807, 2.05) is 0 Å². The van der Waals surface area contributed by atoms with Crippen molar-refractivity contribution in [3.63, 3.8) is 0 Å². The summed E-state index contributed by atoms with van der Waals surface area (Å²) in [4.78, 5) is 12.6. The van der Waals surface area contributed by atoms with Crippen molar-refractivity contribution >= 4 is 5.78 Å². The van der Waals surface area contributed by atoms with Crippen molar-refractivity contribution in [1.29, 1.82) is 0 Å². The molecule has 5 atom stereocenters. The third-order valence-corrected chi connectivity index (χ3v) is 5.56. The predicted octanol–water partition coefficient (Wildman–Crippen LogP) is 1.45. The predicted molar refractivity (Wildman–Crippen MR) is 115 cm³/mol. The van der Waals surface area contributed by atoms with Gasteiger partial charge in [-0.05, 0) is 54.7 Å². The van der Waals surface area contributed by atoms with Gasteiger partial charge in [0.15, 0.2) is 6.29 Å². The van der Waals surface area contributed by atoms with E-state index in [9.17, 15) is 30.3 Å². The van der Waals surface area contributed by atoms with Crippen LogP contribution in [0, 0.1) is 0 Å². The molecule has 0 aromatic heterocycles. The number of aromatic hydroxyl groups is 2. The second kappa shape index (κ2) is 11.4. The Labute approximate surface area is 186 Å². The molecule has 8 nitrogen and oxygen atoms in total. The normalized spacial score (nSPS) is 24.2. The first kappa shape index (κ1) is 24.2. The molecule has 0 bridgehead atoms. The Hall–Kier alpha value is -2.49. The molecule has 174 valence electrons. The highest BCUT2D eigenvalue weighted by Crippen LogP contribution is 2.22. The highest BCUT2D eigenvalue weighted by atomic mass is 16.7. The number of ether oxygens (including phenoxy) is 2. The topological polar surface area (TPSA) is 137 Å². The fourth-order valence-corrected chi connectivity index (χ4v) is 3.60. The van der Waals surface area contributed by atoms with Crippen molar-refractivity contribution in [2.45, 2.75) is 62.8 Å². The van der Waals surface area contributed by atoms with Gasteiger partial charge in [0.1, 0.15) is 35.6 Å². The number of ketones is 1. The zero-order valence-electron chi connectivity index (χ0n) is 17.7. The maximum absolute atomic E-state index is 12.6. The van der Waals surface area contributed by atoms with Gasteiger partial charge in [-0.25, -0.2) is 0 Å². The van der Waals surface area contributed by atoms with Crippen LogP contribution >= 0.6 is 0 Å². The fraction of sp³-hybridized carbons (Fsp3) is 0.458. The second-order valence-electron chi connectivity index (χ2n) is 8.12. The summed E-state index contributed by atoms with van der Waals surface area (Å²) >= 11 is 0. The molecule has 1 saturated heterocycles. The Bertz CT molecular complexity index is 851. The molecular formula is C24H30O8. The molecule has 0 spiro atoms.